The zero-order valence-corrected chi connectivity index (χ0v) is 13.1. The first-order chi connectivity index (χ1) is 11.4. The Morgan fingerprint density at radius 3 is 2.46 bits per heavy atom. The largest absolute Gasteiger partial charge is 0.494 e. The number of hydrogen-bond acceptors (Lipinski definition) is 5. The molecule has 2 N–H and O–H groups in total. The Morgan fingerprint density at radius 1 is 1.21 bits per heavy atom. The van der Waals surface area contributed by atoms with Crippen molar-refractivity contribution >= 4 is 11.9 Å². The summed E-state index contributed by atoms with van der Waals surface area (Å²) in [5.41, 5.74) is -2.02. The number of ether oxygens (including phenoxy) is 1. The number of aromatic nitrogens is 2. The molecule has 1 aromatic heterocycles. The molecule has 0 unspecified atom stereocenters. The van der Waals surface area contributed by atoms with E-state index in [0.717, 1.165) is 4.68 Å². The van der Waals surface area contributed by atoms with Crippen LogP contribution in [0.25, 0.3) is 5.69 Å². The van der Waals surface area contributed by atoms with Crippen LogP contribution < -0.4 is 10.2 Å². The monoisotopic (exact) mass is 332 g/mol. The molecule has 2 rings (SSSR count). The number of carboxylic acid groups (broad SMARTS) is 2. The first-order valence-corrected chi connectivity index (χ1v) is 7.26. The molecule has 0 spiro atoms. The van der Waals surface area contributed by atoms with Gasteiger partial charge in [0.25, 0.3) is 0 Å². The molecule has 1 heterocycles. The van der Waals surface area contributed by atoms with Crippen molar-refractivity contribution in [2.75, 3.05) is 6.61 Å². The fourth-order valence-corrected chi connectivity index (χ4v) is 2.33. The molecule has 0 aliphatic heterocycles. The number of nitrogens with zero attached hydrogens (tertiary/aromatic N) is 2. The third-order valence-corrected chi connectivity index (χ3v) is 3.31. The van der Waals surface area contributed by atoms with E-state index in [1.165, 1.54) is 0 Å². The Bertz CT molecular complexity index is 856. The minimum atomic E-state index is -1.58. The molecule has 0 amide bonds. The summed E-state index contributed by atoms with van der Waals surface area (Å²) in [6.07, 6.45) is 0.183. The van der Waals surface area contributed by atoms with Gasteiger partial charge >= 0.3 is 11.9 Å². The molecule has 0 fully saturated rings. The summed E-state index contributed by atoms with van der Waals surface area (Å²) in [4.78, 5) is 34.8. The van der Waals surface area contributed by atoms with Crippen LogP contribution in [0.4, 0.5) is 0 Å². The van der Waals surface area contributed by atoms with Crippen LogP contribution in [0.1, 0.15) is 40.4 Å². The van der Waals surface area contributed by atoms with E-state index in [1.54, 1.807) is 31.2 Å². The number of rotatable bonds is 6. The van der Waals surface area contributed by atoms with Gasteiger partial charge in [0.1, 0.15) is 11.3 Å². The molecule has 8 nitrogen and oxygen atoms in total. The number of carboxylic acids is 2. The number of benzene rings is 1. The quantitative estimate of drug-likeness (QED) is 0.824. The van der Waals surface area contributed by atoms with Crippen molar-refractivity contribution in [1.82, 2.24) is 9.78 Å². The summed E-state index contributed by atoms with van der Waals surface area (Å²) >= 11 is 0. The van der Waals surface area contributed by atoms with Crippen molar-refractivity contribution in [3.63, 3.8) is 0 Å². The summed E-state index contributed by atoms with van der Waals surface area (Å²) < 4.78 is 6.55. The van der Waals surface area contributed by atoms with E-state index < -0.39 is 28.6 Å². The molecule has 1 aromatic carbocycles. The van der Waals surface area contributed by atoms with Crippen molar-refractivity contribution in [1.29, 1.82) is 0 Å². The molecule has 0 radical (unpaired) electrons. The third kappa shape index (κ3) is 3.12. The predicted molar refractivity (Wildman–Crippen MR) is 84.3 cm³/mol. The summed E-state index contributed by atoms with van der Waals surface area (Å²) in [6, 6.07) is 6.59. The molecule has 24 heavy (non-hydrogen) atoms. The summed E-state index contributed by atoms with van der Waals surface area (Å²) in [5, 5.41) is 22.3. The molecule has 0 saturated heterocycles. The zero-order valence-electron chi connectivity index (χ0n) is 13.1. The SMILES string of the molecule is CCOc1cccc(-n2nc(C(=O)O)c(=O)c(C(=O)O)c2CC)c1. The highest BCUT2D eigenvalue weighted by Gasteiger charge is 2.25. The van der Waals surface area contributed by atoms with E-state index in [4.69, 9.17) is 9.84 Å². The Balaban J connectivity index is 2.82. The molecular formula is C16H16N2O6. The average molecular weight is 332 g/mol. The first-order valence-electron chi connectivity index (χ1n) is 7.26. The lowest BCUT2D eigenvalue weighted by atomic mass is 10.1. The van der Waals surface area contributed by atoms with Gasteiger partial charge in [0, 0.05) is 6.07 Å². The van der Waals surface area contributed by atoms with Crippen molar-refractivity contribution in [2.45, 2.75) is 20.3 Å². The summed E-state index contributed by atoms with van der Waals surface area (Å²) in [7, 11) is 0. The summed E-state index contributed by atoms with van der Waals surface area (Å²) in [6.45, 7) is 3.90. The fraction of sp³-hybridized carbons (Fsp3) is 0.250. The summed E-state index contributed by atoms with van der Waals surface area (Å²) in [5.74, 6) is -2.55. The van der Waals surface area contributed by atoms with Crippen LogP contribution in [-0.2, 0) is 6.42 Å². The molecule has 0 saturated carbocycles. The smallest absolute Gasteiger partial charge is 0.360 e. The standard InChI is InChI=1S/C16H16N2O6/c1-3-11-12(15(20)21)14(19)13(16(22)23)17-18(11)9-6-5-7-10(8-9)24-4-2/h5-8H,3-4H2,1-2H3,(H,20,21)(H,22,23). The number of hydrogen-bond donors (Lipinski definition) is 2. The van der Waals surface area contributed by atoms with Crippen LogP contribution in [0.5, 0.6) is 5.75 Å². The lowest BCUT2D eigenvalue weighted by Crippen LogP contribution is -2.30. The van der Waals surface area contributed by atoms with Gasteiger partial charge < -0.3 is 14.9 Å². The lowest BCUT2D eigenvalue weighted by Gasteiger charge is -2.15. The maximum Gasteiger partial charge on any atom is 0.360 e. The highest BCUT2D eigenvalue weighted by atomic mass is 16.5. The predicted octanol–water partition coefficient (Wildman–Crippen LogP) is 1.59. The topological polar surface area (TPSA) is 119 Å². The third-order valence-electron chi connectivity index (χ3n) is 3.31. The first kappa shape index (κ1) is 17.2. The van der Waals surface area contributed by atoms with E-state index in [2.05, 4.69) is 5.10 Å². The Labute approximate surface area is 136 Å². The van der Waals surface area contributed by atoms with Crippen molar-refractivity contribution in [3.8, 4) is 11.4 Å². The number of aromatic carboxylic acids is 2. The maximum absolute atomic E-state index is 12.1. The van der Waals surface area contributed by atoms with Crippen LogP contribution in [0.2, 0.25) is 0 Å². The van der Waals surface area contributed by atoms with Crippen LogP contribution in [-0.4, -0.2) is 38.5 Å². The second-order valence-electron chi connectivity index (χ2n) is 4.81. The second-order valence-corrected chi connectivity index (χ2v) is 4.81. The molecule has 0 aliphatic rings. The van der Waals surface area contributed by atoms with Gasteiger partial charge in [0.2, 0.25) is 11.1 Å². The molecular weight excluding hydrogens is 316 g/mol. The molecule has 0 atom stereocenters. The highest BCUT2D eigenvalue weighted by Crippen LogP contribution is 2.19. The van der Waals surface area contributed by atoms with Gasteiger partial charge in [-0.3, -0.25) is 4.79 Å². The van der Waals surface area contributed by atoms with E-state index in [1.807, 2.05) is 6.92 Å². The maximum atomic E-state index is 12.1. The van der Waals surface area contributed by atoms with E-state index >= 15 is 0 Å². The van der Waals surface area contributed by atoms with E-state index in [0.29, 0.717) is 18.0 Å². The normalized spacial score (nSPS) is 10.4. The Hall–Kier alpha value is -3.16. The average Bonchev–Trinajstić information content (AvgIpc) is 2.54. The van der Waals surface area contributed by atoms with Gasteiger partial charge in [0.05, 0.1) is 18.0 Å². The van der Waals surface area contributed by atoms with Gasteiger partial charge in [-0.05, 0) is 25.5 Å². The molecule has 0 aliphatic carbocycles. The minimum absolute atomic E-state index is 0.117. The number of carbonyl (C=O) groups is 2. The van der Waals surface area contributed by atoms with E-state index in [-0.39, 0.29) is 12.1 Å². The highest BCUT2D eigenvalue weighted by molar-refractivity contribution is 5.93. The Morgan fingerprint density at radius 2 is 1.92 bits per heavy atom. The molecule has 2 aromatic rings. The minimum Gasteiger partial charge on any atom is -0.494 e. The van der Waals surface area contributed by atoms with Crippen molar-refractivity contribution in [3.05, 3.63) is 51.4 Å². The van der Waals surface area contributed by atoms with Crippen molar-refractivity contribution < 1.29 is 24.5 Å². The molecule has 8 heteroatoms. The van der Waals surface area contributed by atoms with Gasteiger partial charge in [-0.1, -0.05) is 13.0 Å². The molecule has 0 bridgehead atoms. The van der Waals surface area contributed by atoms with Crippen LogP contribution >= 0.6 is 0 Å². The van der Waals surface area contributed by atoms with Crippen LogP contribution in [0.15, 0.2) is 29.1 Å². The fourth-order valence-electron chi connectivity index (χ4n) is 2.33. The van der Waals surface area contributed by atoms with Crippen LogP contribution in [0, 0.1) is 0 Å². The lowest BCUT2D eigenvalue weighted by molar-refractivity contribution is 0.0685. The molecule has 126 valence electrons. The van der Waals surface area contributed by atoms with Gasteiger partial charge in [-0.25, -0.2) is 14.3 Å². The zero-order chi connectivity index (χ0) is 17.9. The van der Waals surface area contributed by atoms with Gasteiger partial charge in [-0.15, -0.1) is 0 Å². The second kappa shape index (κ2) is 6.95. The van der Waals surface area contributed by atoms with E-state index in [9.17, 15) is 19.5 Å². The van der Waals surface area contributed by atoms with Gasteiger partial charge in [0.15, 0.2) is 0 Å². The Kier molecular flexibility index (Phi) is 4.98. The van der Waals surface area contributed by atoms with Gasteiger partial charge in [-0.2, -0.15) is 5.10 Å². The van der Waals surface area contributed by atoms with Crippen molar-refractivity contribution in [2.24, 2.45) is 0 Å². The van der Waals surface area contributed by atoms with Crippen LogP contribution in [0.3, 0.4) is 0 Å².